The first-order valence-corrected chi connectivity index (χ1v) is 8.01. The van der Waals surface area contributed by atoms with E-state index in [9.17, 15) is 15.0 Å². The van der Waals surface area contributed by atoms with Crippen LogP contribution in [0.25, 0.3) is 0 Å². The highest BCUT2D eigenvalue weighted by atomic mass is 16.5. The largest absolute Gasteiger partial charge is 0.493 e. The first-order chi connectivity index (χ1) is 11.5. The number of esters is 1. The van der Waals surface area contributed by atoms with Crippen molar-refractivity contribution in [2.75, 3.05) is 40.5 Å². The molecular formula is C17H25NO6. The monoisotopic (exact) mass is 339 g/mol. The second-order valence-electron chi connectivity index (χ2n) is 5.88. The molecule has 0 radical (unpaired) electrons. The molecule has 24 heavy (non-hydrogen) atoms. The fraction of sp³-hybridized carbons (Fsp3) is 0.588. The predicted molar refractivity (Wildman–Crippen MR) is 87.5 cm³/mol. The minimum absolute atomic E-state index is 0.0977. The van der Waals surface area contributed by atoms with Crippen molar-refractivity contribution in [3.8, 4) is 11.5 Å². The molecule has 1 aliphatic rings. The van der Waals surface area contributed by atoms with Gasteiger partial charge in [0.25, 0.3) is 0 Å². The molecule has 1 heterocycles. The van der Waals surface area contributed by atoms with Gasteiger partial charge in [0.15, 0.2) is 11.5 Å². The van der Waals surface area contributed by atoms with Crippen molar-refractivity contribution in [1.29, 1.82) is 0 Å². The van der Waals surface area contributed by atoms with Crippen LogP contribution in [0.1, 0.15) is 23.2 Å². The lowest BCUT2D eigenvalue weighted by Crippen LogP contribution is -2.43. The number of ether oxygens (including phenoxy) is 3. The minimum Gasteiger partial charge on any atom is -0.493 e. The summed E-state index contributed by atoms with van der Waals surface area (Å²) in [5.74, 6) is 0.393. The summed E-state index contributed by atoms with van der Waals surface area (Å²) in [6.45, 7) is 1.99. The van der Waals surface area contributed by atoms with Crippen molar-refractivity contribution in [2.24, 2.45) is 0 Å². The van der Waals surface area contributed by atoms with Gasteiger partial charge in [-0.3, -0.25) is 4.90 Å². The van der Waals surface area contributed by atoms with Crippen molar-refractivity contribution < 1.29 is 29.2 Å². The summed E-state index contributed by atoms with van der Waals surface area (Å²) < 4.78 is 15.5. The summed E-state index contributed by atoms with van der Waals surface area (Å²) in [6, 6.07) is 4.73. The zero-order valence-electron chi connectivity index (χ0n) is 14.1. The summed E-state index contributed by atoms with van der Waals surface area (Å²) in [4.78, 5) is 13.5. The van der Waals surface area contributed by atoms with Crippen LogP contribution in [-0.4, -0.2) is 73.8 Å². The van der Waals surface area contributed by atoms with Gasteiger partial charge in [0.2, 0.25) is 0 Å². The van der Waals surface area contributed by atoms with Crippen molar-refractivity contribution in [3.05, 3.63) is 23.8 Å². The van der Waals surface area contributed by atoms with Gasteiger partial charge in [-0.25, -0.2) is 4.79 Å². The molecule has 1 aromatic rings. The molecule has 7 nitrogen and oxygen atoms in total. The van der Waals surface area contributed by atoms with E-state index in [-0.39, 0.29) is 12.7 Å². The van der Waals surface area contributed by atoms with Gasteiger partial charge in [0.1, 0.15) is 12.7 Å². The Morgan fingerprint density at radius 3 is 2.83 bits per heavy atom. The summed E-state index contributed by atoms with van der Waals surface area (Å²) in [6.07, 6.45) is 0.739. The fourth-order valence-electron chi connectivity index (χ4n) is 2.77. The number of β-amino-alcohol motifs (C(OH)–C–C–N with tert-alkyl or cyclic N) is 2. The molecule has 2 rings (SSSR count). The van der Waals surface area contributed by atoms with E-state index < -0.39 is 12.1 Å². The lowest BCUT2D eigenvalue weighted by atomic mass is 10.1. The van der Waals surface area contributed by atoms with Gasteiger partial charge in [0, 0.05) is 13.1 Å². The molecule has 0 bridgehead atoms. The van der Waals surface area contributed by atoms with Gasteiger partial charge in [-0.2, -0.15) is 0 Å². The minimum atomic E-state index is -0.680. The predicted octanol–water partition coefficient (Wildman–Crippen LogP) is 0.678. The number of aliphatic hydroxyl groups is 2. The number of likely N-dealkylation sites (tertiary alicyclic amines) is 1. The van der Waals surface area contributed by atoms with E-state index in [4.69, 9.17) is 9.47 Å². The van der Waals surface area contributed by atoms with Crippen LogP contribution in [-0.2, 0) is 4.74 Å². The van der Waals surface area contributed by atoms with E-state index in [2.05, 4.69) is 4.74 Å². The molecule has 0 saturated carbocycles. The Hall–Kier alpha value is -1.83. The number of hydrogen-bond acceptors (Lipinski definition) is 7. The van der Waals surface area contributed by atoms with Gasteiger partial charge >= 0.3 is 5.97 Å². The Morgan fingerprint density at radius 1 is 1.38 bits per heavy atom. The highest BCUT2D eigenvalue weighted by Gasteiger charge is 2.20. The number of carbonyl (C=O) groups excluding carboxylic acids is 1. The van der Waals surface area contributed by atoms with Crippen molar-refractivity contribution in [2.45, 2.75) is 25.0 Å². The third kappa shape index (κ3) is 5.09. The maximum absolute atomic E-state index is 11.5. The van der Waals surface area contributed by atoms with Gasteiger partial charge < -0.3 is 24.4 Å². The molecule has 0 aliphatic carbocycles. The topological polar surface area (TPSA) is 88.5 Å². The second kappa shape index (κ2) is 8.86. The number of benzene rings is 1. The quantitative estimate of drug-likeness (QED) is 0.706. The molecule has 1 aliphatic heterocycles. The average molecular weight is 339 g/mol. The molecule has 0 unspecified atom stereocenters. The lowest BCUT2D eigenvalue weighted by Gasteiger charge is -2.31. The molecule has 1 aromatic carbocycles. The SMILES string of the molecule is COC(=O)c1ccc(OC[C@@H](O)CN2CCC[C@H](O)C2)c(OC)c1. The number of carbonyl (C=O) groups is 1. The first kappa shape index (κ1) is 18.5. The third-order valence-electron chi connectivity index (χ3n) is 3.97. The zero-order chi connectivity index (χ0) is 17.5. The van der Waals surface area contributed by atoms with Crippen LogP contribution in [0.5, 0.6) is 11.5 Å². The highest BCUT2D eigenvalue weighted by molar-refractivity contribution is 5.90. The van der Waals surface area contributed by atoms with Gasteiger partial charge in [-0.05, 0) is 37.6 Å². The summed E-state index contributed by atoms with van der Waals surface area (Å²) in [7, 11) is 2.79. The molecule has 134 valence electrons. The standard InChI is InChI=1S/C17H25NO6/c1-22-16-8-12(17(21)23-2)5-6-15(16)24-11-14(20)10-18-7-3-4-13(19)9-18/h5-6,8,13-14,19-20H,3-4,7,9-11H2,1-2H3/t13-,14-/m0/s1. The van der Waals surface area contributed by atoms with Crippen molar-refractivity contribution in [1.82, 2.24) is 4.90 Å². The number of methoxy groups -OCH3 is 2. The average Bonchev–Trinajstić information content (AvgIpc) is 2.59. The number of piperidine rings is 1. The van der Waals surface area contributed by atoms with Crippen LogP contribution in [0, 0.1) is 0 Å². The van der Waals surface area contributed by atoms with Crippen molar-refractivity contribution in [3.63, 3.8) is 0 Å². The van der Waals surface area contributed by atoms with E-state index in [0.29, 0.717) is 30.2 Å². The summed E-state index contributed by atoms with van der Waals surface area (Å²) in [5.41, 5.74) is 0.365. The van der Waals surface area contributed by atoms with Crippen LogP contribution in [0.2, 0.25) is 0 Å². The zero-order valence-corrected chi connectivity index (χ0v) is 14.1. The molecule has 1 saturated heterocycles. The maximum atomic E-state index is 11.5. The Bertz CT molecular complexity index is 550. The molecule has 1 fully saturated rings. The smallest absolute Gasteiger partial charge is 0.337 e. The molecule has 0 spiro atoms. The number of hydrogen-bond donors (Lipinski definition) is 2. The normalized spacial score (nSPS) is 19.6. The van der Waals surface area contributed by atoms with E-state index in [0.717, 1.165) is 19.4 Å². The molecule has 7 heteroatoms. The van der Waals surface area contributed by atoms with E-state index in [1.54, 1.807) is 12.1 Å². The molecule has 0 aromatic heterocycles. The summed E-state index contributed by atoms with van der Waals surface area (Å²) >= 11 is 0. The number of rotatable bonds is 7. The van der Waals surface area contributed by atoms with Gasteiger partial charge in [-0.1, -0.05) is 0 Å². The molecule has 2 N–H and O–H groups in total. The van der Waals surface area contributed by atoms with Crippen LogP contribution in [0.4, 0.5) is 0 Å². The van der Waals surface area contributed by atoms with Gasteiger partial charge in [-0.15, -0.1) is 0 Å². The Labute approximate surface area is 141 Å². The Balaban J connectivity index is 1.89. The van der Waals surface area contributed by atoms with E-state index >= 15 is 0 Å². The first-order valence-electron chi connectivity index (χ1n) is 8.01. The maximum Gasteiger partial charge on any atom is 0.337 e. The Morgan fingerprint density at radius 2 is 2.17 bits per heavy atom. The van der Waals surface area contributed by atoms with Gasteiger partial charge in [0.05, 0.1) is 25.9 Å². The molecule has 0 amide bonds. The van der Waals surface area contributed by atoms with E-state index in [1.165, 1.54) is 20.3 Å². The van der Waals surface area contributed by atoms with E-state index in [1.807, 2.05) is 4.90 Å². The summed E-state index contributed by atoms with van der Waals surface area (Å²) in [5, 5.41) is 19.8. The number of nitrogens with zero attached hydrogens (tertiary/aromatic N) is 1. The third-order valence-corrected chi connectivity index (χ3v) is 3.97. The lowest BCUT2D eigenvalue weighted by molar-refractivity contribution is 0.0239. The molecular weight excluding hydrogens is 314 g/mol. The Kier molecular flexibility index (Phi) is 6.84. The number of aliphatic hydroxyl groups excluding tert-OH is 2. The molecule has 2 atom stereocenters. The highest BCUT2D eigenvalue weighted by Crippen LogP contribution is 2.28. The van der Waals surface area contributed by atoms with Crippen LogP contribution >= 0.6 is 0 Å². The second-order valence-corrected chi connectivity index (χ2v) is 5.88. The van der Waals surface area contributed by atoms with Crippen LogP contribution in [0.3, 0.4) is 0 Å². The van der Waals surface area contributed by atoms with Crippen molar-refractivity contribution >= 4 is 5.97 Å². The fourth-order valence-corrected chi connectivity index (χ4v) is 2.77. The van der Waals surface area contributed by atoms with Crippen LogP contribution in [0.15, 0.2) is 18.2 Å². The van der Waals surface area contributed by atoms with Crippen LogP contribution < -0.4 is 9.47 Å².